The van der Waals surface area contributed by atoms with Crippen LogP contribution in [0.2, 0.25) is 5.02 Å². The number of nitrogens with one attached hydrogen (secondary N) is 1. The van der Waals surface area contributed by atoms with E-state index in [1.165, 1.54) is 10.6 Å². The molecule has 0 aliphatic heterocycles. The van der Waals surface area contributed by atoms with Crippen molar-refractivity contribution in [3.8, 4) is 0 Å². The molecule has 0 saturated heterocycles. The van der Waals surface area contributed by atoms with Crippen molar-refractivity contribution in [2.75, 3.05) is 0 Å². The molecule has 1 N–H and O–H groups in total. The third-order valence-electron chi connectivity index (χ3n) is 4.73. The Balaban J connectivity index is 1.94. The number of carbonyl (C=O) groups is 1. The van der Waals surface area contributed by atoms with Gasteiger partial charge in [-0.15, -0.1) is 0 Å². The van der Waals surface area contributed by atoms with Gasteiger partial charge in [0, 0.05) is 25.2 Å². The van der Waals surface area contributed by atoms with E-state index in [0.717, 1.165) is 25.0 Å². The number of halogens is 1. The minimum Gasteiger partial charge on any atom is -0.454 e. The van der Waals surface area contributed by atoms with Crippen molar-refractivity contribution in [3.05, 3.63) is 65.6 Å². The van der Waals surface area contributed by atoms with Gasteiger partial charge in [-0.25, -0.2) is 14.6 Å². The Morgan fingerprint density at radius 3 is 2.65 bits per heavy atom. The minimum atomic E-state index is -0.799. The van der Waals surface area contributed by atoms with E-state index in [9.17, 15) is 24.5 Å². The highest BCUT2D eigenvalue weighted by molar-refractivity contribution is 6.33. The summed E-state index contributed by atoms with van der Waals surface area (Å²) in [7, 11) is 0. The molecule has 0 bridgehead atoms. The van der Waals surface area contributed by atoms with Crippen LogP contribution >= 0.6 is 11.6 Å². The number of H-pyrrole nitrogens is 1. The fourth-order valence-corrected chi connectivity index (χ4v) is 3.44. The number of nitro groups is 1. The van der Waals surface area contributed by atoms with Gasteiger partial charge in [0.25, 0.3) is 11.2 Å². The van der Waals surface area contributed by atoms with Crippen molar-refractivity contribution in [3.63, 3.8) is 0 Å². The van der Waals surface area contributed by atoms with Crippen LogP contribution in [-0.4, -0.2) is 30.0 Å². The summed E-state index contributed by atoms with van der Waals surface area (Å²) in [6, 6.07) is 3.42. The molecule has 2 heterocycles. The van der Waals surface area contributed by atoms with Gasteiger partial charge in [0.2, 0.25) is 0 Å². The SMILES string of the molecule is CCCCn1c(=O)[nH]c(=O)c2c1nc(COC(=O)c1ccc([N+](=O)[O-])cc1Cl)n2CC. The van der Waals surface area contributed by atoms with Gasteiger partial charge in [0.15, 0.2) is 11.2 Å². The van der Waals surface area contributed by atoms with E-state index in [-0.39, 0.29) is 39.9 Å². The first-order chi connectivity index (χ1) is 14.8. The van der Waals surface area contributed by atoms with Crippen molar-refractivity contribution in [1.82, 2.24) is 19.1 Å². The number of aromatic nitrogens is 4. The second-order valence-electron chi connectivity index (χ2n) is 6.71. The molecule has 31 heavy (non-hydrogen) atoms. The Morgan fingerprint density at radius 1 is 1.29 bits per heavy atom. The van der Waals surface area contributed by atoms with Gasteiger partial charge in [-0.05, 0) is 19.4 Å². The first-order valence-corrected chi connectivity index (χ1v) is 9.99. The number of aromatic amines is 1. The van der Waals surface area contributed by atoms with Crippen molar-refractivity contribution in [2.24, 2.45) is 0 Å². The lowest BCUT2D eigenvalue weighted by atomic mass is 10.2. The van der Waals surface area contributed by atoms with Crippen LogP contribution in [0.3, 0.4) is 0 Å². The smallest absolute Gasteiger partial charge is 0.340 e. The van der Waals surface area contributed by atoms with Gasteiger partial charge < -0.3 is 9.30 Å². The Hall–Kier alpha value is -3.47. The molecule has 164 valence electrons. The van der Waals surface area contributed by atoms with Crippen LogP contribution < -0.4 is 11.2 Å². The summed E-state index contributed by atoms with van der Waals surface area (Å²) >= 11 is 5.97. The van der Waals surface area contributed by atoms with E-state index in [1.54, 1.807) is 11.5 Å². The number of nitro benzene ring substituents is 1. The number of rotatable bonds is 8. The van der Waals surface area contributed by atoms with E-state index >= 15 is 0 Å². The van der Waals surface area contributed by atoms with Crippen molar-refractivity contribution >= 4 is 34.4 Å². The number of esters is 1. The van der Waals surface area contributed by atoms with E-state index in [0.29, 0.717) is 13.1 Å². The number of ether oxygens (including phenoxy) is 1. The summed E-state index contributed by atoms with van der Waals surface area (Å²) in [6.07, 6.45) is 1.57. The normalized spacial score (nSPS) is 11.1. The maximum atomic E-state index is 12.4. The highest BCUT2D eigenvalue weighted by atomic mass is 35.5. The molecule has 3 aromatic rings. The zero-order chi connectivity index (χ0) is 22.7. The summed E-state index contributed by atoms with van der Waals surface area (Å²) in [6.45, 7) is 4.24. The second kappa shape index (κ2) is 9.13. The van der Waals surface area contributed by atoms with Crippen LogP contribution in [0.5, 0.6) is 0 Å². The molecule has 0 amide bonds. The molecular formula is C19H20ClN5O6. The molecule has 11 nitrogen and oxygen atoms in total. The Kier molecular flexibility index (Phi) is 6.54. The standard InChI is InChI=1S/C19H20ClN5O6/c1-3-5-8-24-16-15(17(26)22-19(24)28)23(4-2)14(21-16)10-31-18(27)12-7-6-11(25(29)30)9-13(12)20/h6-7,9H,3-5,8,10H2,1-2H3,(H,22,26,28). The number of fused-ring (bicyclic) bond motifs is 1. The monoisotopic (exact) mass is 449 g/mol. The van der Waals surface area contributed by atoms with Gasteiger partial charge >= 0.3 is 11.7 Å². The van der Waals surface area contributed by atoms with Crippen LogP contribution in [0.25, 0.3) is 11.2 Å². The van der Waals surface area contributed by atoms with E-state index in [1.807, 2.05) is 6.92 Å². The quantitative estimate of drug-likeness (QED) is 0.316. The summed E-state index contributed by atoms with van der Waals surface area (Å²) in [4.78, 5) is 54.0. The van der Waals surface area contributed by atoms with Crippen molar-refractivity contribution < 1.29 is 14.5 Å². The number of aryl methyl sites for hydroxylation is 2. The molecule has 0 fully saturated rings. The van der Waals surface area contributed by atoms with E-state index in [2.05, 4.69) is 9.97 Å². The fourth-order valence-electron chi connectivity index (χ4n) is 3.18. The number of hydrogen-bond donors (Lipinski definition) is 1. The average molecular weight is 450 g/mol. The lowest BCUT2D eigenvalue weighted by molar-refractivity contribution is -0.384. The zero-order valence-corrected chi connectivity index (χ0v) is 17.6. The van der Waals surface area contributed by atoms with Gasteiger partial charge in [-0.2, -0.15) is 0 Å². The topological polar surface area (TPSA) is 142 Å². The number of unbranched alkanes of at least 4 members (excludes halogenated alkanes) is 1. The zero-order valence-electron chi connectivity index (χ0n) is 16.9. The van der Waals surface area contributed by atoms with Crippen LogP contribution in [0.4, 0.5) is 5.69 Å². The molecule has 0 saturated carbocycles. The van der Waals surface area contributed by atoms with Crippen molar-refractivity contribution in [2.45, 2.75) is 46.4 Å². The number of non-ortho nitro benzene ring substituents is 1. The highest BCUT2D eigenvalue weighted by Crippen LogP contribution is 2.23. The van der Waals surface area contributed by atoms with Crippen LogP contribution in [0.15, 0.2) is 27.8 Å². The molecular weight excluding hydrogens is 430 g/mol. The van der Waals surface area contributed by atoms with Gasteiger partial charge in [0.1, 0.15) is 12.4 Å². The van der Waals surface area contributed by atoms with Crippen LogP contribution in [-0.2, 0) is 24.4 Å². The van der Waals surface area contributed by atoms with E-state index < -0.39 is 22.1 Å². The summed E-state index contributed by atoms with van der Waals surface area (Å²) < 4.78 is 8.25. The van der Waals surface area contributed by atoms with Gasteiger partial charge in [-0.3, -0.25) is 24.5 Å². The average Bonchev–Trinajstić information content (AvgIpc) is 3.10. The summed E-state index contributed by atoms with van der Waals surface area (Å²) in [5.41, 5.74) is -0.963. The predicted octanol–water partition coefficient (Wildman–Crippen LogP) is 2.62. The highest BCUT2D eigenvalue weighted by Gasteiger charge is 2.20. The molecule has 0 aliphatic rings. The predicted molar refractivity (Wildman–Crippen MR) is 112 cm³/mol. The van der Waals surface area contributed by atoms with Crippen LogP contribution in [0, 0.1) is 10.1 Å². The first-order valence-electron chi connectivity index (χ1n) is 9.61. The van der Waals surface area contributed by atoms with Gasteiger partial charge in [-0.1, -0.05) is 24.9 Å². The third-order valence-corrected chi connectivity index (χ3v) is 5.04. The minimum absolute atomic E-state index is 0.0378. The van der Waals surface area contributed by atoms with Gasteiger partial charge in [0.05, 0.1) is 15.5 Å². The van der Waals surface area contributed by atoms with Crippen LogP contribution in [0.1, 0.15) is 42.9 Å². The largest absolute Gasteiger partial charge is 0.454 e. The number of benzene rings is 1. The Bertz CT molecular complexity index is 1280. The lowest BCUT2D eigenvalue weighted by Gasteiger charge is -2.08. The maximum Gasteiger partial charge on any atom is 0.340 e. The number of carbonyl (C=O) groups excluding carboxylic acids is 1. The maximum absolute atomic E-state index is 12.4. The molecule has 1 aromatic carbocycles. The molecule has 3 rings (SSSR count). The molecule has 0 spiro atoms. The second-order valence-corrected chi connectivity index (χ2v) is 7.11. The number of hydrogen-bond acceptors (Lipinski definition) is 7. The first kappa shape index (κ1) is 22.2. The Labute approximate surface area is 180 Å². The Morgan fingerprint density at radius 2 is 2.03 bits per heavy atom. The molecule has 0 radical (unpaired) electrons. The third kappa shape index (κ3) is 4.36. The molecule has 0 atom stereocenters. The summed E-state index contributed by atoms with van der Waals surface area (Å²) in [5.74, 6) is -0.517. The molecule has 0 aliphatic carbocycles. The molecule has 0 unspecified atom stereocenters. The number of imidazole rings is 1. The fraction of sp³-hybridized carbons (Fsp3) is 0.368. The summed E-state index contributed by atoms with van der Waals surface area (Å²) in [5, 5.41) is 10.7. The number of nitrogens with zero attached hydrogens (tertiary/aromatic N) is 4. The molecule has 2 aromatic heterocycles. The van der Waals surface area contributed by atoms with Crippen molar-refractivity contribution in [1.29, 1.82) is 0 Å². The lowest BCUT2D eigenvalue weighted by Crippen LogP contribution is -2.31. The molecule has 12 heteroatoms. The van der Waals surface area contributed by atoms with E-state index in [4.69, 9.17) is 16.3 Å².